The van der Waals surface area contributed by atoms with E-state index in [4.69, 9.17) is 4.74 Å². The molecule has 3 nitrogen and oxygen atoms in total. The fourth-order valence-corrected chi connectivity index (χ4v) is 2.94. The van der Waals surface area contributed by atoms with Crippen LogP contribution in [0, 0.1) is 0 Å². The molecule has 7 heteroatoms. The number of rotatable bonds is 2. The van der Waals surface area contributed by atoms with Crippen LogP contribution in [0.25, 0.3) is 0 Å². The molecule has 2 atom stereocenters. The summed E-state index contributed by atoms with van der Waals surface area (Å²) in [5.41, 5.74) is 0.942. The number of aromatic nitrogens is 1. The van der Waals surface area contributed by atoms with Crippen LogP contribution in [0.5, 0.6) is 5.75 Å². The molecule has 0 saturated heterocycles. The molecule has 3 rings (SSSR count). The lowest BCUT2D eigenvalue weighted by molar-refractivity contribution is -0.137. The van der Waals surface area contributed by atoms with Gasteiger partial charge < -0.3 is 9.84 Å². The van der Waals surface area contributed by atoms with Gasteiger partial charge in [-0.1, -0.05) is 18.2 Å². The predicted molar refractivity (Wildman–Crippen MR) is 66.6 cm³/mol. The molecule has 0 spiro atoms. The van der Waals surface area contributed by atoms with E-state index in [9.17, 15) is 18.3 Å². The summed E-state index contributed by atoms with van der Waals surface area (Å²) in [6.07, 6.45) is -4.65. The molecule has 1 aliphatic rings. The van der Waals surface area contributed by atoms with E-state index in [0.717, 1.165) is 11.8 Å². The molecule has 2 heterocycles. The van der Waals surface area contributed by atoms with Crippen LogP contribution in [0.3, 0.4) is 0 Å². The highest BCUT2D eigenvalue weighted by atomic mass is 32.1. The van der Waals surface area contributed by atoms with Gasteiger partial charge in [-0.25, -0.2) is 4.98 Å². The van der Waals surface area contributed by atoms with E-state index in [1.807, 2.05) is 18.2 Å². The highest BCUT2D eigenvalue weighted by Gasteiger charge is 2.37. The number of hydrogen-bond acceptors (Lipinski definition) is 4. The first kappa shape index (κ1) is 13.4. The number of alkyl halides is 3. The molecule has 2 unspecified atom stereocenters. The zero-order valence-electron chi connectivity index (χ0n) is 10.1. The normalized spacial score (nSPS) is 19.5. The summed E-state index contributed by atoms with van der Waals surface area (Å²) >= 11 is 0.447. The first-order chi connectivity index (χ1) is 9.45. The van der Waals surface area contributed by atoms with Gasteiger partial charge in [0.1, 0.15) is 18.0 Å². The second-order valence-electron chi connectivity index (χ2n) is 4.48. The van der Waals surface area contributed by atoms with Crippen LogP contribution in [0.1, 0.15) is 21.6 Å². The van der Waals surface area contributed by atoms with Gasteiger partial charge in [-0.05, 0) is 11.6 Å². The summed E-state index contributed by atoms with van der Waals surface area (Å²) in [5.74, 6) is 0.664. The Hall–Kier alpha value is -1.60. The van der Waals surface area contributed by atoms with Crippen molar-refractivity contribution in [3.05, 3.63) is 45.9 Å². The number of halogens is 3. The van der Waals surface area contributed by atoms with Gasteiger partial charge >= 0.3 is 6.18 Å². The lowest BCUT2D eigenvalue weighted by Gasteiger charge is -2.16. The maximum absolute atomic E-state index is 12.5. The number of fused-ring (bicyclic) bond motifs is 1. The van der Waals surface area contributed by atoms with E-state index in [0.29, 0.717) is 23.5 Å². The van der Waals surface area contributed by atoms with E-state index >= 15 is 0 Å². The Labute approximate surface area is 116 Å². The Morgan fingerprint density at radius 3 is 2.75 bits per heavy atom. The molecule has 0 aliphatic carbocycles. The van der Waals surface area contributed by atoms with Crippen molar-refractivity contribution in [1.82, 2.24) is 4.98 Å². The average Bonchev–Trinajstić information content (AvgIpc) is 3.04. The molecule has 0 saturated carbocycles. The Morgan fingerprint density at radius 1 is 1.35 bits per heavy atom. The number of benzene rings is 1. The van der Waals surface area contributed by atoms with Gasteiger partial charge in [0, 0.05) is 12.6 Å². The summed E-state index contributed by atoms with van der Waals surface area (Å²) in [6, 6.07) is 7.30. The fourth-order valence-electron chi connectivity index (χ4n) is 2.12. The molecule has 1 N–H and O–H groups in total. The van der Waals surface area contributed by atoms with E-state index in [2.05, 4.69) is 4.98 Å². The first-order valence-corrected chi connectivity index (χ1v) is 6.72. The molecule has 0 radical (unpaired) electrons. The highest BCUT2D eigenvalue weighted by molar-refractivity contribution is 7.11. The Bertz CT molecular complexity index is 601. The van der Waals surface area contributed by atoms with Crippen molar-refractivity contribution in [3.63, 3.8) is 0 Å². The van der Waals surface area contributed by atoms with E-state index < -0.39 is 23.4 Å². The molecule has 20 heavy (non-hydrogen) atoms. The third-order valence-corrected chi connectivity index (χ3v) is 4.19. The van der Waals surface area contributed by atoms with Crippen LogP contribution in [-0.2, 0) is 12.6 Å². The number of nitrogens with zero attached hydrogens (tertiary/aromatic N) is 1. The van der Waals surface area contributed by atoms with Crippen molar-refractivity contribution in [2.75, 3.05) is 0 Å². The maximum Gasteiger partial charge on any atom is 0.443 e. The molecule has 1 aliphatic heterocycles. The lowest BCUT2D eigenvalue weighted by atomic mass is 10.1. The van der Waals surface area contributed by atoms with Gasteiger partial charge in [0.05, 0.1) is 4.88 Å². The van der Waals surface area contributed by atoms with Crippen LogP contribution >= 0.6 is 11.3 Å². The summed E-state index contributed by atoms with van der Waals surface area (Å²) in [6.45, 7) is 0. The predicted octanol–water partition coefficient (Wildman–Crippen LogP) is 3.20. The van der Waals surface area contributed by atoms with Crippen LogP contribution in [0.15, 0.2) is 30.5 Å². The van der Waals surface area contributed by atoms with Crippen molar-refractivity contribution < 1.29 is 23.0 Å². The zero-order chi connectivity index (χ0) is 14.3. The first-order valence-electron chi connectivity index (χ1n) is 5.90. The van der Waals surface area contributed by atoms with Crippen LogP contribution in [0.2, 0.25) is 0 Å². The summed E-state index contributed by atoms with van der Waals surface area (Å²) in [7, 11) is 0. The topological polar surface area (TPSA) is 42.4 Å². The molecule has 1 aromatic carbocycles. The maximum atomic E-state index is 12.5. The second-order valence-corrected chi connectivity index (χ2v) is 5.54. The van der Waals surface area contributed by atoms with Crippen LogP contribution in [-0.4, -0.2) is 16.2 Å². The molecule has 0 amide bonds. The van der Waals surface area contributed by atoms with Crippen molar-refractivity contribution in [2.45, 2.75) is 24.8 Å². The lowest BCUT2D eigenvalue weighted by Crippen LogP contribution is -2.22. The number of ether oxygens (including phenoxy) is 1. The van der Waals surface area contributed by atoms with Crippen molar-refractivity contribution in [1.29, 1.82) is 0 Å². The quantitative estimate of drug-likeness (QED) is 0.926. The van der Waals surface area contributed by atoms with Crippen molar-refractivity contribution >= 4 is 11.3 Å². The molecule has 0 fully saturated rings. The second kappa shape index (κ2) is 4.75. The van der Waals surface area contributed by atoms with Gasteiger partial charge in [-0.15, -0.1) is 11.3 Å². The molecular weight excluding hydrogens is 291 g/mol. The molecule has 2 aromatic rings. The molecular formula is C13H10F3NO2S. The van der Waals surface area contributed by atoms with Crippen LogP contribution < -0.4 is 4.74 Å². The highest BCUT2D eigenvalue weighted by Crippen LogP contribution is 2.38. The number of aliphatic hydroxyl groups is 1. The van der Waals surface area contributed by atoms with Gasteiger partial charge in [0.2, 0.25) is 0 Å². The zero-order valence-corrected chi connectivity index (χ0v) is 10.9. The SMILES string of the molecule is OC(c1cnc(C(F)(F)F)s1)C1Cc2ccccc2O1. The van der Waals surface area contributed by atoms with Gasteiger partial charge in [0.15, 0.2) is 5.01 Å². The fraction of sp³-hybridized carbons (Fsp3) is 0.308. The van der Waals surface area contributed by atoms with Crippen molar-refractivity contribution in [3.8, 4) is 5.75 Å². The molecule has 106 valence electrons. The third kappa shape index (κ3) is 2.38. The third-order valence-electron chi connectivity index (χ3n) is 3.08. The molecule has 1 aromatic heterocycles. The Balaban J connectivity index is 1.78. The van der Waals surface area contributed by atoms with Crippen molar-refractivity contribution in [2.24, 2.45) is 0 Å². The Kier molecular flexibility index (Phi) is 3.18. The number of aliphatic hydroxyl groups excluding tert-OH is 1. The van der Waals surface area contributed by atoms with E-state index in [-0.39, 0.29) is 4.88 Å². The average molecular weight is 301 g/mol. The largest absolute Gasteiger partial charge is 0.487 e. The smallest absolute Gasteiger partial charge is 0.443 e. The van der Waals surface area contributed by atoms with Crippen LogP contribution in [0.4, 0.5) is 13.2 Å². The summed E-state index contributed by atoms with van der Waals surface area (Å²) < 4.78 is 43.0. The minimum Gasteiger partial charge on any atom is -0.487 e. The standard InChI is InChI=1S/C13H10F3NO2S/c14-13(15,16)12-17-6-10(20-12)11(18)9-5-7-3-1-2-4-8(7)19-9/h1-4,6,9,11,18H,5H2. The number of hydrogen-bond donors (Lipinski definition) is 1. The summed E-state index contributed by atoms with van der Waals surface area (Å²) in [5, 5.41) is 9.19. The van der Waals surface area contributed by atoms with Gasteiger partial charge in [-0.2, -0.15) is 13.2 Å². The van der Waals surface area contributed by atoms with E-state index in [1.54, 1.807) is 6.07 Å². The minimum atomic E-state index is -4.48. The van der Waals surface area contributed by atoms with Gasteiger partial charge in [-0.3, -0.25) is 0 Å². The van der Waals surface area contributed by atoms with E-state index in [1.165, 1.54) is 0 Å². The Morgan fingerprint density at radius 2 is 2.10 bits per heavy atom. The summed E-state index contributed by atoms with van der Waals surface area (Å²) in [4.78, 5) is 3.47. The number of thiazole rings is 1. The van der Waals surface area contributed by atoms with Gasteiger partial charge in [0.25, 0.3) is 0 Å². The monoisotopic (exact) mass is 301 g/mol. The number of para-hydroxylation sites is 1. The molecule has 0 bridgehead atoms. The minimum absolute atomic E-state index is 0.162.